The van der Waals surface area contributed by atoms with Crippen LogP contribution in [0.2, 0.25) is 0 Å². The number of benzene rings is 2. The van der Waals surface area contributed by atoms with Crippen molar-refractivity contribution in [2.45, 2.75) is 34.6 Å². The Bertz CT molecular complexity index is 673. The first-order chi connectivity index (χ1) is 11.4. The van der Waals surface area contributed by atoms with Crippen LogP contribution < -0.4 is 10.1 Å². The van der Waals surface area contributed by atoms with E-state index in [1.54, 1.807) is 18.2 Å². The standard InChI is InChI=1S/C18H19NO3.C2H6/c1-18(2,3)17(21)19-16-11-15(10-9-13(16)12-20)22-14-7-5-4-6-8-14;1-2/h4-12H,1-3H3,(H,19,21);1-2H3. The number of nitrogens with one attached hydrogen (secondary N) is 1. The summed E-state index contributed by atoms with van der Waals surface area (Å²) in [5, 5.41) is 2.78. The molecule has 0 bridgehead atoms. The van der Waals surface area contributed by atoms with Gasteiger partial charge in [-0.3, -0.25) is 9.59 Å². The zero-order valence-corrected chi connectivity index (χ0v) is 14.9. The van der Waals surface area contributed by atoms with E-state index in [2.05, 4.69) is 5.32 Å². The van der Waals surface area contributed by atoms with Crippen molar-refractivity contribution in [3.63, 3.8) is 0 Å². The van der Waals surface area contributed by atoms with Crippen LogP contribution in [0.4, 0.5) is 5.69 Å². The summed E-state index contributed by atoms with van der Waals surface area (Å²) in [7, 11) is 0. The number of ether oxygens (including phenoxy) is 1. The lowest BCUT2D eigenvalue weighted by Gasteiger charge is -2.19. The van der Waals surface area contributed by atoms with E-state index < -0.39 is 5.41 Å². The Hall–Kier alpha value is -2.62. The number of hydrogen-bond donors (Lipinski definition) is 1. The van der Waals surface area contributed by atoms with Crippen LogP contribution in [0.15, 0.2) is 48.5 Å². The van der Waals surface area contributed by atoms with Gasteiger partial charge in [0, 0.05) is 17.0 Å². The fraction of sp³-hybridized carbons (Fsp3) is 0.300. The molecule has 128 valence electrons. The summed E-state index contributed by atoms with van der Waals surface area (Å²) in [5.41, 5.74) is 0.317. The normalized spacial score (nSPS) is 10.2. The summed E-state index contributed by atoms with van der Waals surface area (Å²) in [5.74, 6) is 1.09. The van der Waals surface area contributed by atoms with E-state index in [9.17, 15) is 9.59 Å². The molecule has 0 spiro atoms. The molecule has 0 aromatic heterocycles. The molecule has 2 aromatic rings. The Morgan fingerprint density at radius 3 is 2.17 bits per heavy atom. The molecule has 1 amide bonds. The summed E-state index contributed by atoms with van der Waals surface area (Å²) in [6, 6.07) is 14.3. The lowest BCUT2D eigenvalue weighted by atomic mass is 9.95. The predicted molar refractivity (Wildman–Crippen MR) is 97.8 cm³/mol. The minimum atomic E-state index is -0.545. The molecule has 4 nitrogen and oxygen atoms in total. The third kappa shape index (κ3) is 5.54. The number of carbonyl (C=O) groups is 2. The fourth-order valence-corrected chi connectivity index (χ4v) is 1.74. The summed E-state index contributed by atoms with van der Waals surface area (Å²) < 4.78 is 5.72. The molecular formula is C20H25NO3. The number of carbonyl (C=O) groups excluding carboxylic acids is 2. The first kappa shape index (κ1) is 19.4. The van der Waals surface area contributed by atoms with Crippen LogP contribution in [0.5, 0.6) is 11.5 Å². The molecule has 0 saturated heterocycles. The van der Waals surface area contributed by atoms with Crippen molar-refractivity contribution in [3.05, 3.63) is 54.1 Å². The van der Waals surface area contributed by atoms with Crippen molar-refractivity contribution >= 4 is 17.9 Å². The van der Waals surface area contributed by atoms with Gasteiger partial charge >= 0.3 is 0 Å². The Morgan fingerprint density at radius 2 is 1.62 bits per heavy atom. The molecule has 2 rings (SSSR count). The third-order valence-electron chi connectivity index (χ3n) is 3.06. The molecule has 1 N–H and O–H groups in total. The number of hydrogen-bond acceptors (Lipinski definition) is 3. The molecule has 0 saturated carbocycles. The average Bonchev–Trinajstić information content (AvgIpc) is 2.57. The van der Waals surface area contributed by atoms with Crippen LogP contribution >= 0.6 is 0 Å². The van der Waals surface area contributed by atoms with Crippen molar-refractivity contribution in [3.8, 4) is 11.5 Å². The summed E-state index contributed by atoms with van der Waals surface area (Å²) in [4.78, 5) is 23.2. The number of amides is 1. The van der Waals surface area contributed by atoms with E-state index in [-0.39, 0.29) is 5.91 Å². The third-order valence-corrected chi connectivity index (χ3v) is 3.06. The van der Waals surface area contributed by atoms with E-state index in [4.69, 9.17) is 4.74 Å². The zero-order valence-electron chi connectivity index (χ0n) is 14.9. The Kier molecular flexibility index (Phi) is 7.18. The zero-order chi connectivity index (χ0) is 18.2. The average molecular weight is 327 g/mol. The maximum atomic E-state index is 12.1. The van der Waals surface area contributed by atoms with Gasteiger partial charge in [-0.25, -0.2) is 0 Å². The van der Waals surface area contributed by atoms with Crippen LogP contribution in [0.25, 0.3) is 0 Å². The molecule has 0 aliphatic heterocycles. The molecule has 0 unspecified atom stereocenters. The highest BCUT2D eigenvalue weighted by Gasteiger charge is 2.22. The van der Waals surface area contributed by atoms with E-state index in [0.29, 0.717) is 29.0 Å². The minimum absolute atomic E-state index is 0.160. The predicted octanol–water partition coefficient (Wildman–Crippen LogP) is 5.30. The van der Waals surface area contributed by atoms with Crippen molar-refractivity contribution in [2.24, 2.45) is 5.41 Å². The van der Waals surface area contributed by atoms with E-state index in [1.165, 1.54) is 0 Å². The number of aldehydes is 1. The van der Waals surface area contributed by atoms with Gasteiger partial charge in [0.05, 0.1) is 5.69 Å². The Labute approximate surface area is 143 Å². The highest BCUT2D eigenvalue weighted by Crippen LogP contribution is 2.27. The number of anilines is 1. The molecule has 4 heteroatoms. The Balaban J connectivity index is 0.00000139. The molecule has 0 heterocycles. The van der Waals surface area contributed by atoms with Crippen LogP contribution in [0.1, 0.15) is 45.0 Å². The van der Waals surface area contributed by atoms with Gasteiger partial charge in [0.1, 0.15) is 11.5 Å². The van der Waals surface area contributed by atoms with Gasteiger partial charge in [-0.15, -0.1) is 0 Å². The van der Waals surface area contributed by atoms with Crippen molar-refractivity contribution in [2.75, 3.05) is 5.32 Å². The number of rotatable bonds is 4. The topological polar surface area (TPSA) is 55.4 Å². The molecule has 0 radical (unpaired) electrons. The minimum Gasteiger partial charge on any atom is -0.457 e. The summed E-state index contributed by atoms with van der Waals surface area (Å²) >= 11 is 0. The van der Waals surface area contributed by atoms with E-state index in [0.717, 1.165) is 0 Å². The second-order valence-corrected chi connectivity index (χ2v) is 5.99. The maximum Gasteiger partial charge on any atom is 0.229 e. The first-order valence-electron chi connectivity index (χ1n) is 8.04. The number of para-hydroxylation sites is 1. The summed E-state index contributed by atoms with van der Waals surface area (Å²) in [6.07, 6.45) is 0.713. The van der Waals surface area contributed by atoms with Crippen LogP contribution in [-0.2, 0) is 4.79 Å². The van der Waals surface area contributed by atoms with Gasteiger partial charge in [-0.1, -0.05) is 52.8 Å². The molecule has 0 fully saturated rings. The van der Waals surface area contributed by atoms with Gasteiger partial charge in [-0.2, -0.15) is 0 Å². The molecular weight excluding hydrogens is 302 g/mol. The second kappa shape index (κ2) is 8.87. The summed E-state index contributed by atoms with van der Waals surface area (Å²) in [6.45, 7) is 9.44. The lowest BCUT2D eigenvalue weighted by molar-refractivity contribution is -0.123. The van der Waals surface area contributed by atoms with Crippen molar-refractivity contribution < 1.29 is 14.3 Å². The smallest absolute Gasteiger partial charge is 0.229 e. The highest BCUT2D eigenvalue weighted by molar-refractivity contribution is 5.99. The largest absolute Gasteiger partial charge is 0.457 e. The van der Waals surface area contributed by atoms with Gasteiger partial charge in [-0.05, 0) is 24.3 Å². The fourth-order valence-electron chi connectivity index (χ4n) is 1.74. The van der Waals surface area contributed by atoms with Gasteiger partial charge in [0.2, 0.25) is 5.91 Å². The molecule has 0 aliphatic rings. The van der Waals surface area contributed by atoms with Gasteiger partial charge in [0.15, 0.2) is 6.29 Å². The monoisotopic (exact) mass is 327 g/mol. The van der Waals surface area contributed by atoms with E-state index >= 15 is 0 Å². The highest BCUT2D eigenvalue weighted by atomic mass is 16.5. The lowest BCUT2D eigenvalue weighted by Crippen LogP contribution is -2.28. The maximum absolute atomic E-state index is 12.1. The quantitative estimate of drug-likeness (QED) is 0.775. The van der Waals surface area contributed by atoms with Crippen molar-refractivity contribution in [1.29, 1.82) is 0 Å². The molecule has 0 aliphatic carbocycles. The van der Waals surface area contributed by atoms with Gasteiger partial charge in [0.25, 0.3) is 0 Å². The van der Waals surface area contributed by atoms with Gasteiger partial charge < -0.3 is 10.1 Å². The van der Waals surface area contributed by atoms with Crippen molar-refractivity contribution in [1.82, 2.24) is 0 Å². The SMILES string of the molecule is CC.CC(C)(C)C(=O)Nc1cc(Oc2ccccc2)ccc1C=O. The van der Waals surface area contributed by atoms with Crippen LogP contribution in [-0.4, -0.2) is 12.2 Å². The van der Waals surface area contributed by atoms with Crippen LogP contribution in [0.3, 0.4) is 0 Å². The van der Waals surface area contributed by atoms with Crippen LogP contribution in [0, 0.1) is 5.41 Å². The molecule has 24 heavy (non-hydrogen) atoms. The second-order valence-electron chi connectivity index (χ2n) is 5.99. The molecule has 0 atom stereocenters. The van der Waals surface area contributed by atoms with E-state index in [1.807, 2.05) is 65.0 Å². The first-order valence-corrected chi connectivity index (χ1v) is 8.04. The Morgan fingerprint density at radius 1 is 1.00 bits per heavy atom. The molecule has 2 aromatic carbocycles.